The molecule has 0 bridgehead atoms. The molecule has 8 heteroatoms. The summed E-state index contributed by atoms with van der Waals surface area (Å²) in [7, 11) is 0. The van der Waals surface area contributed by atoms with Gasteiger partial charge in [-0.15, -0.1) is 0 Å². The van der Waals surface area contributed by atoms with Gasteiger partial charge in [-0.05, 0) is 30.9 Å². The fraction of sp³-hybridized carbons (Fsp3) is 0.444. The maximum Gasteiger partial charge on any atom is 0.328 e. The SMILES string of the molecule is O=C(CCc1cccnc1)N1CC[C@H](O)[C@@H](n2ccc(=O)[nH]c2=O)CC1. The van der Waals surface area contributed by atoms with Gasteiger partial charge in [0.2, 0.25) is 5.91 Å². The number of pyridine rings is 1. The Balaban J connectivity index is 1.64. The van der Waals surface area contributed by atoms with Crippen molar-refractivity contribution in [2.24, 2.45) is 0 Å². The highest BCUT2D eigenvalue weighted by atomic mass is 16.3. The van der Waals surface area contributed by atoms with Crippen LogP contribution >= 0.6 is 0 Å². The number of carbonyl (C=O) groups is 1. The minimum atomic E-state index is -0.755. The molecule has 1 saturated heterocycles. The van der Waals surface area contributed by atoms with E-state index in [1.807, 2.05) is 12.1 Å². The van der Waals surface area contributed by atoms with E-state index in [4.69, 9.17) is 0 Å². The second-order valence-corrected chi connectivity index (χ2v) is 6.47. The van der Waals surface area contributed by atoms with Crippen LogP contribution in [-0.4, -0.2) is 49.6 Å². The molecule has 1 aliphatic rings. The van der Waals surface area contributed by atoms with Gasteiger partial charge in [-0.25, -0.2) is 4.79 Å². The first-order valence-corrected chi connectivity index (χ1v) is 8.71. The van der Waals surface area contributed by atoms with Gasteiger partial charge >= 0.3 is 5.69 Å². The molecule has 1 amide bonds. The van der Waals surface area contributed by atoms with Crippen LogP contribution in [0, 0.1) is 0 Å². The number of hydrogen-bond donors (Lipinski definition) is 2. The number of carbonyl (C=O) groups excluding carboxylic acids is 1. The van der Waals surface area contributed by atoms with Crippen LogP contribution in [0.25, 0.3) is 0 Å². The van der Waals surface area contributed by atoms with Gasteiger partial charge in [-0.3, -0.25) is 24.1 Å². The van der Waals surface area contributed by atoms with Gasteiger partial charge < -0.3 is 10.0 Å². The molecule has 3 rings (SSSR count). The summed E-state index contributed by atoms with van der Waals surface area (Å²) in [6, 6.07) is 4.57. The molecule has 0 unspecified atom stereocenters. The smallest absolute Gasteiger partial charge is 0.328 e. The Kier molecular flexibility index (Phi) is 5.62. The van der Waals surface area contributed by atoms with Crippen molar-refractivity contribution in [1.29, 1.82) is 0 Å². The molecular weight excluding hydrogens is 336 g/mol. The number of H-pyrrole nitrogens is 1. The third-order valence-corrected chi connectivity index (χ3v) is 4.75. The summed E-state index contributed by atoms with van der Waals surface area (Å²) in [5.74, 6) is 0.0236. The van der Waals surface area contributed by atoms with E-state index in [0.29, 0.717) is 38.8 Å². The lowest BCUT2D eigenvalue weighted by Gasteiger charge is -2.22. The van der Waals surface area contributed by atoms with Crippen molar-refractivity contribution in [3.8, 4) is 0 Å². The Morgan fingerprint density at radius 3 is 2.81 bits per heavy atom. The van der Waals surface area contributed by atoms with Crippen molar-refractivity contribution < 1.29 is 9.90 Å². The fourth-order valence-corrected chi connectivity index (χ4v) is 3.29. The number of hydrogen-bond acceptors (Lipinski definition) is 5. The van der Waals surface area contributed by atoms with E-state index < -0.39 is 23.4 Å². The third kappa shape index (κ3) is 4.26. The third-order valence-electron chi connectivity index (χ3n) is 4.75. The lowest BCUT2D eigenvalue weighted by Crippen LogP contribution is -2.36. The molecule has 0 spiro atoms. The number of aliphatic hydroxyl groups excluding tert-OH is 1. The van der Waals surface area contributed by atoms with Crippen molar-refractivity contribution in [2.75, 3.05) is 13.1 Å². The van der Waals surface area contributed by atoms with Crippen LogP contribution < -0.4 is 11.2 Å². The summed E-state index contributed by atoms with van der Waals surface area (Å²) in [6.45, 7) is 0.904. The van der Waals surface area contributed by atoms with E-state index in [2.05, 4.69) is 9.97 Å². The summed E-state index contributed by atoms with van der Waals surface area (Å²) in [5, 5.41) is 10.4. The molecule has 0 radical (unpaired) electrons. The second-order valence-electron chi connectivity index (χ2n) is 6.47. The van der Waals surface area contributed by atoms with Crippen molar-refractivity contribution in [1.82, 2.24) is 19.4 Å². The quantitative estimate of drug-likeness (QED) is 0.805. The van der Waals surface area contributed by atoms with Crippen molar-refractivity contribution in [2.45, 2.75) is 37.8 Å². The minimum absolute atomic E-state index is 0.0236. The number of aliphatic hydroxyl groups is 1. The number of aromatic nitrogens is 3. The zero-order valence-corrected chi connectivity index (χ0v) is 14.4. The number of likely N-dealkylation sites (tertiary alicyclic amines) is 1. The van der Waals surface area contributed by atoms with Crippen LogP contribution in [-0.2, 0) is 11.2 Å². The van der Waals surface area contributed by atoms with Gasteiger partial charge in [-0.1, -0.05) is 6.07 Å². The van der Waals surface area contributed by atoms with E-state index >= 15 is 0 Å². The topological polar surface area (TPSA) is 108 Å². The minimum Gasteiger partial charge on any atom is -0.391 e. The maximum absolute atomic E-state index is 12.5. The highest BCUT2D eigenvalue weighted by molar-refractivity contribution is 5.76. The van der Waals surface area contributed by atoms with Gasteiger partial charge in [0.05, 0.1) is 12.1 Å². The van der Waals surface area contributed by atoms with Crippen LogP contribution in [0.2, 0.25) is 0 Å². The fourth-order valence-electron chi connectivity index (χ4n) is 3.29. The largest absolute Gasteiger partial charge is 0.391 e. The molecule has 2 N–H and O–H groups in total. The molecule has 0 aromatic carbocycles. The molecule has 2 atom stereocenters. The van der Waals surface area contributed by atoms with Gasteiger partial charge in [0, 0.05) is 44.2 Å². The number of nitrogens with zero attached hydrogens (tertiary/aromatic N) is 3. The van der Waals surface area contributed by atoms with Crippen LogP contribution in [0.5, 0.6) is 0 Å². The predicted molar refractivity (Wildman–Crippen MR) is 94.7 cm³/mol. The standard InChI is InChI=1S/C18H22N4O4/c23-15-6-10-21(17(25)4-3-13-2-1-8-19-12-13)9-5-14(15)22-11-7-16(24)20-18(22)26/h1-2,7-8,11-12,14-15,23H,3-6,9-10H2,(H,20,24,26)/t14-,15-/m0/s1. The van der Waals surface area contributed by atoms with E-state index in [1.165, 1.54) is 16.8 Å². The first-order valence-electron chi connectivity index (χ1n) is 8.71. The Morgan fingerprint density at radius 1 is 1.27 bits per heavy atom. The summed E-state index contributed by atoms with van der Waals surface area (Å²) >= 11 is 0. The Hall–Kier alpha value is -2.74. The molecule has 2 aromatic heterocycles. The normalized spacial score (nSPS) is 20.6. The lowest BCUT2D eigenvalue weighted by molar-refractivity contribution is -0.131. The summed E-state index contributed by atoms with van der Waals surface area (Å²) in [4.78, 5) is 43.7. The van der Waals surface area contributed by atoms with Gasteiger partial charge in [0.15, 0.2) is 0 Å². The highest BCUT2D eigenvalue weighted by Crippen LogP contribution is 2.22. The average molecular weight is 358 g/mol. The number of nitrogens with one attached hydrogen (secondary N) is 1. The molecule has 138 valence electrons. The molecule has 1 aliphatic heterocycles. The molecule has 0 aliphatic carbocycles. The molecular formula is C18H22N4O4. The average Bonchev–Trinajstić information content (AvgIpc) is 2.83. The molecule has 8 nitrogen and oxygen atoms in total. The van der Waals surface area contributed by atoms with Gasteiger partial charge in [-0.2, -0.15) is 0 Å². The summed E-state index contributed by atoms with van der Waals surface area (Å²) < 4.78 is 1.34. The van der Waals surface area contributed by atoms with E-state index in [-0.39, 0.29) is 5.91 Å². The monoisotopic (exact) mass is 358 g/mol. The summed E-state index contributed by atoms with van der Waals surface area (Å²) in [6.07, 6.45) is 5.92. The highest BCUT2D eigenvalue weighted by Gasteiger charge is 2.28. The van der Waals surface area contributed by atoms with Gasteiger partial charge in [0.1, 0.15) is 0 Å². The number of amides is 1. The zero-order chi connectivity index (χ0) is 18.5. The van der Waals surface area contributed by atoms with Crippen LogP contribution in [0.1, 0.15) is 30.9 Å². The molecule has 2 aromatic rings. The Labute approximate surface area is 150 Å². The zero-order valence-electron chi connectivity index (χ0n) is 14.4. The molecule has 26 heavy (non-hydrogen) atoms. The number of aromatic amines is 1. The molecule has 0 saturated carbocycles. The molecule has 1 fully saturated rings. The summed E-state index contributed by atoms with van der Waals surface area (Å²) in [5.41, 5.74) is -0.00662. The van der Waals surface area contributed by atoms with E-state index in [9.17, 15) is 19.5 Å². The number of rotatable bonds is 4. The second kappa shape index (κ2) is 8.09. The number of aryl methyl sites for hydroxylation is 1. The van der Waals surface area contributed by atoms with E-state index in [1.54, 1.807) is 17.3 Å². The molecule has 3 heterocycles. The van der Waals surface area contributed by atoms with Crippen molar-refractivity contribution in [3.05, 3.63) is 63.2 Å². The van der Waals surface area contributed by atoms with Crippen molar-refractivity contribution in [3.63, 3.8) is 0 Å². The maximum atomic E-state index is 12.5. The Bertz CT molecular complexity index is 861. The lowest BCUT2D eigenvalue weighted by atomic mass is 10.1. The van der Waals surface area contributed by atoms with Crippen LogP contribution in [0.4, 0.5) is 0 Å². The van der Waals surface area contributed by atoms with Gasteiger partial charge in [0.25, 0.3) is 5.56 Å². The first-order chi connectivity index (χ1) is 12.5. The Morgan fingerprint density at radius 2 is 2.08 bits per heavy atom. The van der Waals surface area contributed by atoms with Crippen molar-refractivity contribution >= 4 is 5.91 Å². The predicted octanol–water partition coefficient (Wildman–Crippen LogP) is 0.0888. The first kappa shape index (κ1) is 18.1. The van der Waals surface area contributed by atoms with E-state index in [0.717, 1.165) is 5.56 Å². The van der Waals surface area contributed by atoms with Crippen LogP contribution in [0.3, 0.4) is 0 Å². The van der Waals surface area contributed by atoms with Crippen LogP contribution in [0.15, 0.2) is 46.4 Å².